The number of ether oxygens (including phenoxy) is 1. The molecule has 2 rings (SSSR count). The summed E-state index contributed by atoms with van der Waals surface area (Å²) in [5, 5.41) is 8.62. The second-order valence-electron chi connectivity index (χ2n) is 3.54. The maximum Gasteiger partial charge on any atom is 0.392 e. The molecule has 0 fully saturated rings. The van der Waals surface area contributed by atoms with E-state index in [2.05, 4.69) is 4.98 Å². The van der Waals surface area contributed by atoms with E-state index < -0.39 is 5.97 Å². The molecule has 1 N–H and O–H groups in total. The van der Waals surface area contributed by atoms with Crippen LogP contribution in [0.25, 0.3) is 0 Å². The van der Waals surface area contributed by atoms with E-state index in [1.54, 1.807) is 0 Å². The number of rotatable bonds is 4. The highest BCUT2D eigenvalue weighted by atomic mass is 16.5. The van der Waals surface area contributed by atoms with Crippen LogP contribution in [0.4, 0.5) is 0 Å². The summed E-state index contributed by atoms with van der Waals surface area (Å²) in [6, 6.07) is 7.53. The molecule has 1 aromatic carbocycles. The second-order valence-corrected chi connectivity index (χ2v) is 3.54. The smallest absolute Gasteiger partial charge is 0.392 e. The van der Waals surface area contributed by atoms with E-state index in [1.165, 1.54) is 6.20 Å². The van der Waals surface area contributed by atoms with Crippen LogP contribution in [-0.4, -0.2) is 16.1 Å². The predicted octanol–water partition coefficient (Wildman–Crippen LogP) is 2.26. The van der Waals surface area contributed by atoms with Crippen molar-refractivity contribution in [1.82, 2.24) is 4.98 Å². The first-order valence-corrected chi connectivity index (χ1v) is 5.02. The van der Waals surface area contributed by atoms with E-state index >= 15 is 0 Å². The fourth-order valence-electron chi connectivity index (χ4n) is 1.26. The Balaban J connectivity index is 1.97. The third-order valence-corrected chi connectivity index (χ3v) is 2.14. The Bertz CT molecular complexity index is 516. The van der Waals surface area contributed by atoms with Gasteiger partial charge in [-0.25, -0.2) is 9.78 Å². The number of oxazole rings is 1. The third-order valence-electron chi connectivity index (χ3n) is 2.14. The molecule has 0 saturated heterocycles. The monoisotopic (exact) mass is 233 g/mol. The number of aromatic carboxylic acids is 1. The Morgan fingerprint density at radius 1 is 1.41 bits per heavy atom. The number of nitrogens with zero attached hydrogens (tertiary/aromatic N) is 1. The molecule has 0 aliphatic heterocycles. The fourth-order valence-corrected chi connectivity index (χ4v) is 1.26. The van der Waals surface area contributed by atoms with Crippen molar-refractivity contribution in [2.75, 3.05) is 0 Å². The highest BCUT2D eigenvalue weighted by molar-refractivity contribution is 5.81. The van der Waals surface area contributed by atoms with Crippen molar-refractivity contribution >= 4 is 5.97 Å². The van der Waals surface area contributed by atoms with Crippen LogP contribution in [0.5, 0.6) is 5.75 Å². The van der Waals surface area contributed by atoms with Gasteiger partial charge in [-0.05, 0) is 19.1 Å². The van der Waals surface area contributed by atoms with Crippen LogP contribution < -0.4 is 4.74 Å². The van der Waals surface area contributed by atoms with Crippen molar-refractivity contribution in [3.63, 3.8) is 0 Å². The molecule has 17 heavy (non-hydrogen) atoms. The van der Waals surface area contributed by atoms with Crippen LogP contribution in [0, 0.1) is 6.92 Å². The molecule has 0 aliphatic carbocycles. The van der Waals surface area contributed by atoms with Crippen LogP contribution in [0.1, 0.15) is 22.0 Å². The summed E-state index contributed by atoms with van der Waals surface area (Å²) in [7, 11) is 0. The number of carboxylic acids is 1. The van der Waals surface area contributed by atoms with Crippen LogP contribution in [0.2, 0.25) is 0 Å². The molecule has 0 bridgehead atoms. The van der Waals surface area contributed by atoms with E-state index in [9.17, 15) is 4.79 Å². The molecule has 5 heteroatoms. The molecule has 1 aromatic heterocycles. The number of aryl methyl sites for hydroxylation is 1. The first-order chi connectivity index (χ1) is 8.15. The van der Waals surface area contributed by atoms with Gasteiger partial charge in [-0.15, -0.1) is 0 Å². The standard InChI is InChI=1S/C12H11NO4/c1-8-2-4-9(5-3-8)16-7-10-6-13-11(17-10)12(14)15/h2-6H,7H2,1H3,(H,14,15). The average Bonchev–Trinajstić information content (AvgIpc) is 2.77. The number of hydrogen-bond acceptors (Lipinski definition) is 4. The van der Waals surface area contributed by atoms with E-state index in [1.807, 2.05) is 31.2 Å². The lowest BCUT2D eigenvalue weighted by Gasteiger charge is -2.03. The zero-order chi connectivity index (χ0) is 12.3. The summed E-state index contributed by atoms with van der Waals surface area (Å²) in [5.74, 6) is -0.439. The fraction of sp³-hybridized carbons (Fsp3) is 0.167. The second kappa shape index (κ2) is 4.69. The molecule has 1 heterocycles. The molecule has 0 amide bonds. The van der Waals surface area contributed by atoms with Crippen molar-refractivity contribution in [3.05, 3.63) is 47.7 Å². The number of benzene rings is 1. The van der Waals surface area contributed by atoms with E-state index in [-0.39, 0.29) is 12.5 Å². The number of aromatic nitrogens is 1. The Morgan fingerprint density at radius 3 is 2.71 bits per heavy atom. The molecule has 0 atom stereocenters. The van der Waals surface area contributed by atoms with Gasteiger partial charge in [0.25, 0.3) is 0 Å². The predicted molar refractivity (Wildman–Crippen MR) is 59.0 cm³/mol. The van der Waals surface area contributed by atoms with Crippen LogP contribution in [-0.2, 0) is 6.61 Å². The summed E-state index contributed by atoms with van der Waals surface area (Å²) in [5.41, 5.74) is 1.14. The third kappa shape index (κ3) is 2.84. The Labute approximate surface area is 97.7 Å². The maximum atomic E-state index is 10.5. The number of carboxylic acid groups (broad SMARTS) is 1. The van der Waals surface area contributed by atoms with Gasteiger partial charge in [0, 0.05) is 0 Å². The summed E-state index contributed by atoms with van der Waals surface area (Å²) in [6.45, 7) is 2.14. The van der Waals surface area contributed by atoms with Crippen molar-refractivity contribution < 1.29 is 19.1 Å². The molecule has 2 aromatic rings. The SMILES string of the molecule is Cc1ccc(OCc2cnc(C(=O)O)o2)cc1. The molecular weight excluding hydrogens is 222 g/mol. The van der Waals surface area contributed by atoms with Gasteiger partial charge >= 0.3 is 11.9 Å². The summed E-state index contributed by atoms with van der Waals surface area (Å²) >= 11 is 0. The van der Waals surface area contributed by atoms with Gasteiger partial charge in [0.1, 0.15) is 12.4 Å². The summed E-state index contributed by atoms with van der Waals surface area (Å²) in [6.07, 6.45) is 1.34. The van der Waals surface area contributed by atoms with Crippen molar-refractivity contribution in [2.45, 2.75) is 13.5 Å². The summed E-state index contributed by atoms with van der Waals surface area (Å²) in [4.78, 5) is 14.1. The Kier molecular flexibility index (Phi) is 3.09. The molecule has 0 unspecified atom stereocenters. The lowest BCUT2D eigenvalue weighted by Crippen LogP contribution is -1.96. The van der Waals surface area contributed by atoms with E-state index in [4.69, 9.17) is 14.3 Å². The quantitative estimate of drug-likeness (QED) is 0.876. The van der Waals surface area contributed by atoms with Crippen molar-refractivity contribution in [2.24, 2.45) is 0 Å². The highest BCUT2D eigenvalue weighted by Crippen LogP contribution is 2.14. The van der Waals surface area contributed by atoms with E-state index in [0.29, 0.717) is 11.5 Å². The van der Waals surface area contributed by atoms with Crippen LogP contribution in [0.15, 0.2) is 34.9 Å². The van der Waals surface area contributed by atoms with Gasteiger partial charge in [-0.1, -0.05) is 17.7 Å². The zero-order valence-corrected chi connectivity index (χ0v) is 9.21. The van der Waals surface area contributed by atoms with Gasteiger partial charge in [0.05, 0.1) is 6.20 Å². The number of carbonyl (C=O) groups is 1. The summed E-state index contributed by atoms with van der Waals surface area (Å²) < 4.78 is 10.4. The minimum atomic E-state index is -1.19. The Morgan fingerprint density at radius 2 is 2.12 bits per heavy atom. The molecule has 0 radical (unpaired) electrons. The zero-order valence-electron chi connectivity index (χ0n) is 9.21. The van der Waals surface area contributed by atoms with Crippen LogP contribution >= 0.6 is 0 Å². The lowest BCUT2D eigenvalue weighted by molar-refractivity contribution is 0.0649. The highest BCUT2D eigenvalue weighted by Gasteiger charge is 2.11. The Hall–Kier alpha value is -2.30. The van der Waals surface area contributed by atoms with Gasteiger partial charge in [-0.2, -0.15) is 0 Å². The topological polar surface area (TPSA) is 72.6 Å². The van der Waals surface area contributed by atoms with E-state index in [0.717, 1.165) is 5.56 Å². The lowest BCUT2D eigenvalue weighted by atomic mass is 10.2. The minimum Gasteiger partial charge on any atom is -0.486 e. The van der Waals surface area contributed by atoms with Crippen molar-refractivity contribution in [3.8, 4) is 5.75 Å². The molecule has 0 spiro atoms. The normalized spacial score (nSPS) is 10.2. The van der Waals surface area contributed by atoms with Gasteiger partial charge < -0.3 is 14.3 Å². The average molecular weight is 233 g/mol. The van der Waals surface area contributed by atoms with Crippen molar-refractivity contribution in [1.29, 1.82) is 0 Å². The van der Waals surface area contributed by atoms with Gasteiger partial charge in [0.15, 0.2) is 5.76 Å². The van der Waals surface area contributed by atoms with Crippen LogP contribution in [0.3, 0.4) is 0 Å². The molecule has 0 aliphatic rings. The largest absolute Gasteiger partial charge is 0.486 e. The minimum absolute atomic E-state index is 0.156. The molecule has 88 valence electrons. The first kappa shape index (κ1) is 11.2. The molecule has 5 nitrogen and oxygen atoms in total. The number of hydrogen-bond donors (Lipinski definition) is 1. The van der Waals surface area contributed by atoms with Gasteiger partial charge in [-0.3, -0.25) is 0 Å². The molecule has 0 saturated carbocycles. The van der Waals surface area contributed by atoms with Gasteiger partial charge in [0.2, 0.25) is 0 Å². The molecular formula is C12H11NO4. The first-order valence-electron chi connectivity index (χ1n) is 5.02. The maximum absolute atomic E-state index is 10.5.